The number of hydrogen-bond acceptors (Lipinski definition) is 3. The van der Waals surface area contributed by atoms with Gasteiger partial charge in [0.05, 0.1) is 4.90 Å². The van der Waals surface area contributed by atoms with Gasteiger partial charge in [0.25, 0.3) is 0 Å². The van der Waals surface area contributed by atoms with Gasteiger partial charge in [-0.15, -0.1) is 12.4 Å². The summed E-state index contributed by atoms with van der Waals surface area (Å²) in [5.74, 6) is 0.270. The minimum Gasteiger partial charge on any atom is -0.330 e. The van der Waals surface area contributed by atoms with Crippen LogP contribution >= 0.6 is 28.3 Å². The van der Waals surface area contributed by atoms with E-state index in [-0.39, 0.29) is 18.3 Å². The van der Waals surface area contributed by atoms with Crippen LogP contribution in [0.3, 0.4) is 0 Å². The lowest BCUT2D eigenvalue weighted by molar-refractivity contribution is 0.459. The smallest absolute Gasteiger partial charge is 0.243 e. The largest absolute Gasteiger partial charge is 0.330 e. The van der Waals surface area contributed by atoms with E-state index in [9.17, 15) is 8.42 Å². The molecule has 1 atom stereocenters. The highest BCUT2D eigenvalue weighted by molar-refractivity contribution is 9.10. The molecular weight excluding hydrogens is 412 g/mol. The third-order valence-electron chi connectivity index (χ3n) is 4.25. The summed E-state index contributed by atoms with van der Waals surface area (Å²) in [5, 5.41) is 0. The lowest BCUT2D eigenvalue weighted by atomic mass is 10.1. The van der Waals surface area contributed by atoms with E-state index in [0.717, 1.165) is 22.0 Å². The molecule has 1 aliphatic heterocycles. The van der Waals surface area contributed by atoms with Gasteiger partial charge in [0, 0.05) is 17.6 Å². The Balaban J connectivity index is 0.00000208. The zero-order valence-corrected chi connectivity index (χ0v) is 16.3. The van der Waals surface area contributed by atoms with Crippen LogP contribution in [0.4, 0.5) is 0 Å². The first-order chi connectivity index (χ1) is 11.0. The predicted molar refractivity (Wildman–Crippen MR) is 103 cm³/mol. The molecule has 130 valence electrons. The van der Waals surface area contributed by atoms with Crippen LogP contribution in [0.2, 0.25) is 0 Å². The van der Waals surface area contributed by atoms with Crippen LogP contribution in [0.5, 0.6) is 0 Å². The van der Waals surface area contributed by atoms with Crippen LogP contribution in [-0.4, -0.2) is 32.4 Å². The summed E-state index contributed by atoms with van der Waals surface area (Å²) < 4.78 is 27.9. The van der Waals surface area contributed by atoms with E-state index in [4.69, 9.17) is 5.73 Å². The Labute approximate surface area is 157 Å². The van der Waals surface area contributed by atoms with E-state index in [0.29, 0.717) is 24.5 Å². The van der Waals surface area contributed by atoms with Gasteiger partial charge in [0.15, 0.2) is 0 Å². The molecule has 1 aliphatic rings. The molecule has 0 radical (unpaired) electrons. The van der Waals surface area contributed by atoms with Crippen molar-refractivity contribution in [2.45, 2.75) is 11.3 Å². The average molecular weight is 432 g/mol. The molecule has 1 heterocycles. The summed E-state index contributed by atoms with van der Waals surface area (Å²) in [5.41, 5.74) is 7.70. The van der Waals surface area contributed by atoms with E-state index in [1.807, 2.05) is 36.4 Å². The van der Waals surface area contributed by atoms with E-state index in [1.54, 1.807) is 16.4 Å². The third-order valence-corrected chi connectivity index (χ3v) is 6.66. The molecule has 1 saturated heterocycles. The molecule has 0 bridgehead atoms. The van der Waals surface area contributed by atoms with Crippen molar-refractivity contribution in [1.29, 1.82) is 0 Å². The van der Waals surface area contributed by atoms with Gasteiger partial charge in [-0.2, -0.15) is 4.31 Å². The zero-order chi connectivity index (χ0) is 16.4. The van der Waals surface area contributed by atoms with Gasteiger partial charge in [0.1, 0.15) is 0 Å². The molecule has 2 aromatic rings. The van der Waals surface area contributed by atoms with Crippen molar-refractivity contribution < 1.29 is 8.42 Å². The summed E-state index contributed by atoms with van der Waals surface area (Å²) in [4.78, 5) is 0.344. The van der Waals surface area contributed by atoms with Crippen molar-refractivity contribution in [1.82, 2.24) is 4.31 Å². The standard InChI is InChI=1S/C17H19BrN2O2S.ClH/c18-16-5-1-14(2-6-16)15-3-7-17(8-4-15)23(21,22)20-10-9-13(11-19)12-20;/h1-8,13H,9-12,19H2;1H. The molecule has 2 aromatic carbocycles. The molecule has 0 aromatic heterocycles. The van der Waals surface area contributed by atoms with Crippen molar-refractivity contribution in [2.75, 3.05) is 19.6 Å². The van der Waals surface area contributed by atoms with Crippen LogP contribution in [0, 0.1) is 5.92 Å². The molecule has 4 nitrogen and oxygen atoms in total. The van der Waals surface area contributed by atoms with Gasteiger partial charge in [-0.1, -0.05) is 40.2 Å². The highest BCUT2D eigenvalue weighted by Gasteiger charge is 2.31. The Bertz CT molecular complexity index is 779. The van der Waals surface area contributed by atoms with Crippen LogP contribution in [0.25, 0.3) is 11.1 Å². The molecular formula is C17H20BrClN2O2S. The molecule has 7 heteroatoms. The van der Waals surface area contributed by atoms with Crippen molar-refractivity contribution in [2.24, 2.45) is 11.7 Å². The Morgan fingerprint density at radius 3 is 2.08 bits per heavy atom. The second-order valence-electron chi connectivity index (χ2n) is 5.78. The van der Waals surface area contributed by atoms with E-state index in [1.165, 1.54) is 0 Å². The fourth-order valence-corrected chi connectivity index (χ4v) is 4.61. The molecule has 0 saturated carbocycles. The third kappa shape index (κ3) is 4.00. The molecule has 0 aliphatic carbocycles. The molecule has 0 spiro atoms. The molecule has 1 unspecified atom stereocenters. The number of nitrogens with zero attached hydrogens (tertiary/aromatic N) is 1. The Hall–Kier alpha value is -0.920. The van der Waals surface area contributed by atoms with Gasteiger partial charge in [-0.25, -0.2) is 8.42 Å². The summed E-state index contributed by atoms with van der Waals surface area (Å²) in [6.45, 7) is 1.61. The topological polar surface area (TPSA) is 63.4 Å². The maximum absolute atomic E-state index is 12.7. The zero-order valence-electron chi connectivity index (χ0n) is 13.1. The van der Waals surface area contributed by atoms with Crippen LogP contribution in [-0.2, 0) is 10.0 Å². The maximum atomic E-state index is 12.7. The number of rotatable bonds is 4. The van der Waals surface area contributed by atoms with Crippen molar-refractivity contribution in [3.8, 4) is 11.1 Å². The normalized spacial score (nSPS) is 18.3. The molecule has 2 N–H and O–H groups in total. The van der Waals surface area contributed by atoms with Gasteiger partial charge < -0.3 is 5.73 Å². The molecule has 1 fully saturated rings. The van der Waals surface area contributed by atoms with Crippen LogP contribution in [0.15, 0.2) is 57.9 Å². The number of hydrogen-bond donors (Lipinski definition) is 1. The second kappa shape index (κ2) is 7.97. The van der Waals surface area contributed by atoms with Gasteiger partial charge in [-0.3, -0.25) is 0 Å². The van der Waals surface area contributed by atoms with Crippen molar-refractivity contribution in [3.63, 3.8) is 0 Å². The van der Waals surface area contributed by atoms with Crippen LogP contribution in [0.1, 0.15) is 6.42 Å². The SMILES string of the molecule is Cl.NCC1CCN(S(=O)(=O)c2ccc(-c3ccc(Br)cc3)cc2)C1. The molecule has 3 rings (SSSR count). The Morgan fingerprint density at radius 1 is 1.04 bits per heavy atom. The summed E-state index contributed by atoms with van der Waals surface area (Å²) in [7, 11) is -3.42. The number of benzene rings is 2. The van der Waals surface area contributed by atoms with Gasteiger partial charge in [0.2, 0.25) is 10.0 Å². The highest BCUT2D eigenvalue weighted by Crippen LogP contribution is 2.27. The fourth-order valence-electron chi connectivity index (χ4n) is 2.82. The number of nitrogens with two attached hydrogens (primary N) is 1. The van der Waals surface area contributed by atoms with E-state index >= 15 is 0 Å². The first-order valence-electron chi connectivity index (χ1n) is 7.57. The van der Waals surface area contributed by atoms with Gasteiger partial charge in [-0.05, 0) is 54.3 Å². The maximum Gasteiger partial charge on any atom is 0.243 e. The molecule has 24 heavy (non-hydrogen) atoms. The monoisotopic (exact) mass is 430 g/mol. The predicted octanol–water partition coefficient (Wildman–Crippen LogP) is 3.51. The van der Waals surface area contributed by atoms with Crippen molar-refractivity contribution in [3.05, 3.63) is 53.0 Å². The number of halogens is 2. The summed E-state index contributed by atoms with van der Waals surface area (Å²) in [6, 6.07) is 15.0. The lowest BCUT2D eigenvalue weighted by Gasteiger charge is -2.16. The quantitative estimate of drug-likeness (QED) is 0.806. The highest BCUT2D eigenvalue weighted by atomic mass is 79.9. The summed E-state index contributed by atoms with van der Waals surface area (Å²) >= 11 is 3.41. The minimum atomic E-state index is -3.42. The van der Waals surface area contributed by atoms with Crippen LogP contribution < -0.4 is 5.73 Å². The van der Waals surface area contributed by atoms with Gasteiger partial charge >= 0.3 is 0 Å². The lowest BCUT2D eigenvalue weighted by Crippen LogP contribution is -2.30. The summed E-state index contributed by atoms with van der Waals surface area (Å²) in [6.07, 6.45) is 0.840. The number of sulfonamides is 1. The minimum absolute atomic E-state index is 0. The second-order valence-corrected chi connectivity index (χ2v) is 8.64. The average Bonchev–Trinajstić information content (AvgIpc) is 3.06. The van der Waals surface area contributed by atoms with Crippen molar-refractivity contribution >= 4 is 38.4 Å². The Morgan fingerprint density at radius 2 is 1.58 bits per heavy atom. The first kappa shape index (κ1) is 19.4. The Kier molecular flexibility index (Phi) is 6.45. The first-order valence-corrected chi connectivity index (χ1v) is 9.80. The van der Waals surface area contributed by atoms with E-state index < -0.39 is 10.0 Å². The van der Waals surface area contributed by atoms with E-state index in [2.05, 4.69) is 15.9 Å². The molecule has 0 amide bonds. The fraction of sp³-hybridized carbons (Fsp3) is 0.294.